The van der Waals surface area contributed by atoms with Crippen molar-refractivity contribution in [2.24, 2.45) is 5.92 Å². The highest BCUT2D eigenvalue weighted by Crippen LogP contribution is 2.13. The molecule has 0 aliphatic carbocycles. The number of rotatable bonds is 9. The van der Waals surface area contributed by atoms with E-state index >= 15 is 0 Å². The van der Waals surface area contributed by atoms with E-state index in [4.69, 9.17) is 9.84 Å². The number of carbonyl (C=O) groups excluding carboxylic acids is 2. The third kappa shape index (κ3) is 9.42. The van der Waals surface area contributed by atoms with E-state index < -0.39 is 12.1 Å². The summed E-state index contributed by atoms with van der Waals surface area (Å²) in [4.78, 5) is 22.2. The SMILES string of the molecule is CC(=O)O[C@@H](C/C=C(/C)CCC[C@@H](C)CO)C(C)=O. The Kier molecular flexibility index (Phi) is 9.13. The van der Waals surface area contributed by atoms with Crippen molar-refractivity contribution in [1.82, 2.24) is 0 Å². The lowest BCUT2D eigenvalue weighted by Crippen LogP contribution is -2.23. The summed E-state index contributed by atoms with van der Waals surface area (Å²) in [5.41, 5.74) is 1.18. The number of esters is 1. The fraction of sp³-hybridized carbons (Fsp3) is 0.733. The monoisotopic (exact) mass is 270 g/mol. The molecule has 0 aromatic carbocycles. The Balaban J connectivity index is 4.12. The number of ether oxygens (including phenoxy) is 1. The first-order chi connectivity index (χ1) is 8.86. The molecule has 0 aliphatic heterocycles. The summed E-state index contributed by atoms with van der Waals surface area (Å²) in [7, 11) is 0. The van der Waals surface area contributed by atoms with Gasteiger partial charge in [-0.2, -0.15) is 0 Å². The lowest BCUT2D eigenvalue weighted by molar-refractivity contribution is -0.152. The van der Waals surface area contributed by atoms with Crippen molar-refractivity contribution in [2.45, 2.75) is 59.5 Å². The molecule has 0 amide bonds. The van der Waals surface area contributed by atoms with Crippen LogP contribution in [0.4, 0.5) is 0 Å². The average molecular weight is 270 g/mol. The summed E-state index contributed by atoms with van der Waals surface area (Å²) in [6.45, 7) is 6.99. The molecule has 110 valence electrons. The van der Waals surface area contributed by atoms with Crippen LogP contribution < -0.4 is 0 Å². The maximum Gasteiger partial charge on any atom is 0.303 e. The zero-order valence-corrected chi connectivity index (χ0v) is 12.4. The van der Waals surface area contributed by atoms with Gasteiger partial charge in [0, 0.05) is 20.0 Å². The Morgan fingerprint density at radius 3 is 2.37 bits per heavy atom. The van der Waals surface area contributed by atoms with Crippen molar-refractivity contribution >= 4 is 11.8 Å². The second-order valence-electron chi connectivity index (χ2n) is 5.17. The fourth-order valence-corrected chi connectivity index (χ4v) is 1.73. The molecule has 2 atom stereocenters. The largest absolute Gasteiger partial charge is 0.454 e. The van der Waals surface area contributed by atoms with Gasteiger partial charge in [0.05, 0.1) is 0 Å². The van der Waals surface area contributed by atoms with Gasteiger partial charge in [0.2, 0.25) is 0 Å². The van der Waals surface area contributed by atoms with Crippen LogP contribution in [0.2, 0.25) is 0 Å². The van der Waals surface area contributed by atoms with E-state index in [1.807, 2.05) is 19.9 Å². The fourth-order valence-electron chi connectivity index (χ4n) is 1.73. The highest BCUT2D eigenvalue weighted by Gasteiger charge is 2.15. The Hall–Kier alpha value is -1.16. The topological polar surface area (TPSA) is 63.6 Å². The van der Waals surface area contributed by atoms with Gasteiger partial charge in [-0.25, -0.2) is 0 Å². The predicted octanol–water partition coefficient (Wildman–Crippen LogP) is 2.64. The van der Waals surface area contributed by atoms with Gasteiger partial charge in [0.15, 0.2) is 11.9 Å². The van der Waals surface area contributed by atoms with Crippen LogP contribution in [0.5, 0.6) is 0 Å². The van der Waals surface area contributed by atoms with Crippen molar-refractivity contribution in [2.75, 3.05) is 6.61 Å². The quantitative estimate of drug-likeness (QED) is 0.517. The van der Waals surface area contributed by atoms with Crippen LogP contribution in [-0.2, 0) is 14.3 Å². The standard InChI is InChI=1S/C15H26O4/c1-11(6-5-7-12(2)10-16)8-9-15(13(3)17)19-14(4)18/h8,12,15-16H,5-7,9-10H2,1-4H3/b11-8-/t12-,15+/m1/s1. The van der Waals surface area contributed by atoms with Gasteiger partial charge in [-0.3, -0.25) is 9.59 Å². The molecular formula is C15H26O4. The van der Waals surface area contributed by atoms with Crippen molar-refractivity contribution in [1.29, 1.82) is 0 Å². The molecule has 4 heteroatoms. The number of hydrogen-bond acceptors (Lipinski definition) is 4. The van der Waals surface area contributed by atoms with Crippen molar-refractivity contribution < 1.29 is 19.4 Å². The zero-order valence-electron chi connectivity index (χ0n) is 12.4. The molecule has 0 aromatic heterocycles. The number of carbonyl (C=O) groups is 2. The zero-order chi connectivity index (χ0) is 14.8. The number of aliphatic hydroxyl groups excluding tert-OH is 1. The Morgan fingerprint density at radius 2 is 1.89 bits per heavy atom. The van der Waals surface area contributed by atoms with Crippen molar-refractivity contribution in [3.63, 3.8) is 0 Å². The van der Waals surface area contributed by atoms with Gasteiger partial charge in [-0.1, -0.05) is 18.6 Å². The molecule has 19 heavy (non-hydrogen) atoms. The smallest absolute Gasteiger partial charge is 0.303 e. The van der Waals surface area contributed by atoms with Crippen LogP contribution in [0, 0.1) is 5.92 Å². The van der Waals surface area contributed by atoms with Gasteiger partial charge in [-0.05, 0) is 39.0 Å². The average Bonchev–Trinajstić information content (AvgIpc) is 2.33. The van der Waals surface area contributed by atoms with Crippen LogP contribution in [0.15, 0.2) is 11.6 Å². The molecule has 1 N–H and O–H groups in total. The number of ketones is 1. The number of Topliss-reactive ketones (excluding diaryl/α,β-unsaturated/α-hetero) is 1. The van der Waals surface area contributed by atoms with Crippen LogP contribution in [-0.4, -0.2) is 29.6 Å². The maximum absolute atomic E-state index is 11.3. The lowest BCUT2D eigenvalue weighted by Gasteiger charge is -2.12. The van der Waals surface area contributed by atoms with E-state index in [0.717, 1.165) is 19.3 Å². The minimum atomic E-state index is -0.663. The van der Waals surface area contributed by atoms with Crippen LogP contribution in [0.1, 0.15) is 53.4 Å². The molecule has 0 fully saturated rings. The summed E-state index contributed by atoms with van der Waals surface area (Å²) in [5.74, 6) is -0.227. The second kappa shape index (κ2) is 9.73. The molecule has 0 rings (SSSR count). The number of aliphatic hydroxyl groups is 1. The number of hydrogen-bond donors (Lipinski definition) is 1. The first kappa shape index (κ1) is 17.8. The van der Waals surface area contributed by atoms with E-state index in [-0.39, 0.29) is 12.4 Å². The van der Waals surface area contributed by atoms with Gasteiger partial charge in [0.1, 0.15) is 0 Å². The Bertz CT molecular complexity index is 320. The summed E-state index contributed by atoms with van der Waals surface area (Å²) >= 11 is 0. The van der Waals surface area contributed by atoms with Gasteiger partial charge < -0.3 is 9.84 Å². The summed E-state index contributed by atoms with van der Waals surface area (Å²) in [6, 6.07) is 0. The maximum atomic E-state index is 11.3. The molecule has 0 aromatic rings. The van der Waals surface area contributed by atoms with E-state index in [9.17, 15) is 9.59 Å². The van der Waals surface area contributed by atoms with E-state index in [1.165, 1.54) is 19.4 Å². The minimum absolute atomic E-state index is 0.131. The molecule has 0 unspecified atom stereocenters. The number of allylic oxidation sites excluding steroid dienone is 1. The molecule has 4 nitrogen and oxygen atoms in total. The van der Waals surface area contributed by atoms with Gasteiger partial charge >= 0.3 is 5.97 Å². The first-order valence-corrected chi connectivity index (χ1v) is 6.81. The van der Waals surface area contributed by atoms with Crippen molar-refractivity contribution in [3.8, 4) is 0 Å². The molecule has 0 saturated carbocycles. The Morgan fingerprint density at radius 1 is 1.26 bits per heavy atom. The van der Waals surface area contributed by atoms with Crippen molar-refractivity contribution in [3.05, 3.63) is 11.6 Å². The van der Waals surface area contributed by atoms with Gasteiger partial charge in [-0.15, -0.1) is 0 Å². The molecule has 0 aliphatic rings. The van der Waals surface area contributed by atoms with Crippen LogP contribution in [0.3, 0.4) is 0 Å². The summed E-state index contributed by atoms with van der Waals surface area (Å²) < 4.78 is 4.96. The normalized spacial score (nSPS) is 14.9. The van der Waals surface area contributed by atoms with Gasteiger partial charge in [0.25, 0.3) is 0 Å². The second-order valence-corrected chi connectivity index (χ2v) is 5.17. The molecule has 0 heterocycles. The van der Waals surface area contributed by atoms with Crippen LogP contribution >= 0.6 is 0 Å². The third-order valence-corrected chi connectivity index (χ3v) is 3.02. The molecule has 0 bridgehead atoms. The Labute approximate surface area is 115 Å². The molecule has 0 saturated heterocycles. The summed E-state index contributed by atoms with van der Waals surface area (Å²) in [5, 5.41) is 8.92. The summed E-state index contributed by atoms with van der Waals surface area (Å²) in [6.07, 6.45) is 4.68. The highest BCUT2D eigenvalue weighted by atomic mass is 16.5. The van der Waals surface area contributed by atoms with E-state index in [1.54, 1.807) is 0 Å². The molecule has 0 radical (unpaired) electrons. The van der Waals surface area contributed by atoms with E-state index in [0.29, 0.717) is 12.3 Å². The lowest BCUT2D eigenvalue weighted by atomic mass is 10.0. The van der Waals surface area contributed by atoms with Crippen LogP contribution in [0.25, 0.3) is 0 Å². The first-order valence-electron chi connectivity index (χ1n) is 6.81. The van der Waals surface area contributed by atoms with E-state index in [2.05, 4.69) is 0 Å². The predicted molar refractivity (Wildman–Crippen MR) is 74.7 cm³/mol. The third-order valence-electron chi connectivity index (χ3n) is 3.02. The molecular weight excluding hydrogens is 244 g/mol. The molecule has 0 spiro atoms. The highest BCUT2D eigenvalue weighted by molar-refractivity contribution is 5.83. The minimum Gasteiger partial charge on any atom is -0.454 e.